The number of Topliss-reactive ketones (excluding diaryl/α,β-unsaturated/α-hetero) is 2. The summed E-state index contributed by atoms with van der Waals surface area (Å²) in [4.78, 5) is 106. The van der Waals surface area contributed by atoms with Crippen LogP contribution in [0.1, 0.15) is 113 Å². The third-order valence-electron chi connectivity index (χ3n) is 13.9. The first-order valence-electron chi connectivity index (χ1n) is 23.5. The van der Waals surface area contributed by atoms with Gasteiger partial charge in [0.05, 0.1) is 60.4 Å². The number of likely N-dealkylation sites (tertiary alicyclic amines) is 1. The van der Waals surface area contributed by atoms with Gasteiger partial charge in [-0.2, -0.15) is 0 Å². The number of rotatable bonds is 27. The van der Waals surface area contributed by atoms with E-state index >= 15 is 0 Å². The van der Waals surface area contributed by atoms with Crippen LogP contribution in [0.2, 0.25) is 0 Å². The molecule has 0 bridgehead atoms. The van der Waals surface area contributed by atoms with Crippen LogP contribution in [-0.4, -0.2) is 144 Å². The standard InChI is InChI=1S/C51H74N4O11/c1-12-33(6)46(43(64-10)30-44(58)54-24-18-23-40(54)47(65-11)34(7)41(56)28-36(51(62)63)27-35-19-14-13-15-20-35)53(9)48(59)39(31(2)3)29-42(57)45(32(4)5)52(8)25-26-66-55-49(60)37-21-16-17-22-38(37)50(55)61/h13-17,19-22,31-34,36,39-40,43,45-47H,12,18,23-30H2,1-11H3,(H,62,63)/t33-,34-,36+,39-,40-,43+,45-,46-,47+/m0/s1. The Hall–Kier alpha value is -4.83. The molecule has 15 heteroatoms. The van der Waals surface area contributed by atoms with Crippen molar-refractivity contribution in [3.8, 4) is 0 Å². The van der Waals surface area contributed by atoms with Crippen LogP contribution in [0.15, 0.2) is 54.6 Å². The average molecular weight is 919 g/mol. The molecule has 1 saturated heterocycles. The highest BCUT2D eigenvalue weighted by molar-refractivity contribution is 6.20. The number of carbonyl (C=O) groups excluding carboxylic acids is 6. The minimum Gasteiger partial charge on any atom is -0.481 e. The quantitative estimate of drug-likeness (QED) is 0.100. The molecule has 2 aromatic rings. The number of carboxylic acids is 1. The number of nitrogens with zero attached hydrogens (tertiary/aromatic N) is 4. The molecule has 0 spiro atoms. The maximum absolute atomic E-state index is 14.7. The van der Waals surface area contributed by atoms with Crippen molar-refractivity contribution >= 4 is 41.2 Å². The van der Waals surface area contributed by atoms with E-state index in [1.165, 1.54) is 14.2 Å². The summed E-state index contributed by atoms with van der Waals surface area (Å²) in [6.07, 6.45) is 0.626. The van der Waals surface area contributed by atoms with Gasteiger partial charge < -0.3 is 24.4 Å². The summed E-state index contributed by atoms with van der Waals surface area (Å²) in [7, 11) is 6.54. The van der Waals surface area contributed by atoms with E-state index in [1.54, 1.807) is 55.1 Å². The molecule has 1 N–H and O–H groups in total. The largest absolute Gasteiger partial charge is 0.481 e. The van der Waals surface area contributed by atoms with Gasteiger partial charge in [-0.1, -0.05) is 97.4 Å². The van der Waals surface area contributed by atoms with Gasteiger partial charge in [-0.3, -0.25) is 43.3 Å². The molecular weight excluding hydrogens is 845 g/mol. The molecule has 0 aromatic heterocycles. The highest BCUT2D eigenvalue weighted by Gasteiger charge is 2.44. The molecule has 2 aliphatic rings. The van der Waals surface area contributed by atoms with Gasteiger partial charge in [0.1, 0.15) is 5.78 Å². The molecule has 2 heterocycles. The highest BCUT2D eigenvalue weighted by Crippen LogP contribution is 2.32. The Morgan fingerprint density at radius 1 is 0.803 bits per heavy atom. The van der Waals surface area contributed by atoms with Gasteiger partial charge in [-0.25, -0.2) is 0 Å². The van der Waals surface area contributed by atoms with Gasteiger partial charge in [-0.15, -0.1) is 5.06 Å². The molecule has 0 radical (unpaired) electrons. The van der Waals surface area contributed by atoms with Crippen molar-refractivity contribution in [1.29, 1.82) is 0 Å². The van der Waals surface area contributed by atoms with E-state index in [9.17, 15) is 38.7 Å². The van der Waals surface area contributed by atoms with Crippen molar-refractivity contribution < 1.29 is 53.0 Å². The number of carboxylic acid groups (broad SMARTS) is 1. The summed E-state index contributed by atoms with van der Waals surface area (Å²) in [6.45, 7) is 14.1. The maximum atomic E-state index is 14.7. The second-order valence-corrected chi connectivity index (χ2v) is 19.0. The number of ketones is 2. The predicted molar refractivity (Wildman–Crippen MR) is 249 cm³/mol. The molecule has 1 fully saturated rings. The monoisotopic (exact) mass is 919 g/mol. The number of benzene rings is 2. The lowest BCUT2D eigenvalue weighted by Gasteiger charge is -2.41. The normalized spacial score (nSPS) is 18.8. The molecule has 0 unspecified atom stereocenters. The molecule has 0 aliphatic carbocycles. The molecule has 4 rings (SSSR count). The van der Waals surface area contributed by atoms with Crippen molar-refractivity contribution in [1.82, 2.24) is 19.8 Å². The molecule has 4 amide bonds. The van der Waals surface area contributed by atoms with Crippen LogP contribution in [0, 0.1) is 35.5 Å². The Morgan fingerprint density at radius 2 is 1.41 bits per heavy atom. The second-order valence-electron chi connectivity index (χ2n) is 19.0. The van der Waals surface area contributed by atoms with E-state index in [2.05, 4.69) is 0 Å². The van der Waals surface area contributed by atoms with Gasteiger partial charge in [0.15, 0.2) is 5.78 Å². The topological polar surface area (TPSA) is 180 Å². The second kappa shape index (κ2) is 24.8. The molecule has 9 atom stereocenters. The number of likely N-dealkylation sites (N-methyl/N-ethyl adjacent to an activating group) is 2. The van der Waals surface area contributed by atoms with E-state index in [-0.39, 0.29) is 91.1 Å². The van der Waals surface area contributed by atoms with Crippen LogP contribution in [0.25, 0.3) is 0 Å². The fraction of sp³-hybridized carbons (Fsp3) is 0.627. The Morgan fingerprint density at radius 3 is 1.94 bits per heavy atom. The first-order valence-corrected chi connectivity index (χ1v) is 23.5. The van der Waals surface area contributed by atoms with E-state index in [0.717, 1.165) is 10.6 Å². The number of fused-ring (bicyclic) bond motifs is 1. The predicted octanol–water partition coefficient (Wildman–Crippen LogP) is 6.23. The van der Waals surface area contributed by atoms with Gasteiger partial charge in [-0.05, 0) is 61.8 Å². The molecule has 364 valence electrons. The fourth-order valence-electron chi connectivity index (χ4n) is 9.95. The van der Waals surface area contributed by atoms with Crippen LogP contribution in [0.5, 0.6) is 0 Å². The van der Waals surface area contributed by atoms with Gasteiger partial charge in [0.2, 0.25) is 11.8 Å². The minimum atomic E-state index is -1.04. The Balaban J connectivity index is 1.43. The molecule has 2 aliphatic heterocycles. The van der Waals surface area contributed by atoms with Crippen molar-refractivity contribution in [3.05, 3.63) is 71.3 Å². The summed E-state index contributed by atoms with van der Waals surface area (Å²) in [6, 6.07) is 14.2. The lowest BCUT2D eigenvalue weighted by Crippen LogP contribution is -2.54. The Labute approximate surface area is 391 Å². The van der Waals surface area contributed by atoms with E-state index in [1.807, 2.05) is 76.8 Å². The molecule has 66 heavy (non-hydrogen) atoms. The first kappa shape index (κ1) is 53.8. The number of hydrogen-bond acceptors (Lipinski definition) is 11. The summed E-state index contributed by atoms with van der Waals surface area (Å²) in [5, 5.41) is 10.8. The first-order chi connectivity index (χ1) is 31.3. The maximum Gasteiger partial charge on any atom is 0.307 e. The van der Waals surface area contributed by atoms with Crippen LogP contribution < -0.4 is 0 Å². The Bertz CT molecular complexity index is 1960. The van der Waals surface area contributed by atoms with Crippen LogP contribution in [-0.2, 0) is 44.7 Å². The van der Waals surface area contributed by atoms with Gasteiger partial charge in [0, 0.05) is 59.0 Å². The van der Waals surface area contributed by atoms with Gasteiger partial charge >= 0.3 is 5.97 Å². The Kier molecular flexibility index (Phi) is 20.2. The van der Waals surface area contributed by atoms with Gasteiger partial charge in [0.25, 0.3) is 11.8 Å². The third-order valence-corrected chi connectivity index (χ3v) is 13.9. The number of imide groups is 1. The van der Waals surface area contributed by atoms with Crippen molar-refractivity contribution in [2.45, 2.75) is 124 Å². The number of hydroxylamine groups is 2. The van der Waals surface area contributed by atoms with Crippen molar-refractivity contribution in [3.63, 3.8) is 0 Å². The number of hydrogen-bond donors (Lipinski definition) is 1. The smallest absolute Gasteiger partial charge is 0.307 e. The van der Waals surface area contributed by atoms with E-state index in [0.29, 0.717) is 25.8 Å². The van der Waals surface area contributed by atoms with E-state index in [4.69, 9.17) is 14.3 Å². The summed E-state index contributed by atoms with van der Waals surface area (Å²) >= 11 is 0. The summed E-state index contributed by atoms with van der Waals surface area (Å²) < 4.78 is 12.0. The third kappa shape index (κ3) is 13.0. The number of carbonyl (C=O) groups is 7. The SMILES string of the molecule is CC[C@H](C)[C@@H]([C@@H](CC(=O)N1CCC[C@H]1[C@H](OC)[C@@H](C)C(=O)C[C@@H](Cc1ccccc1)C(=O)O)OC)N(C)C(=O)[C@@H](CC(=O)[C@H](C(C)C)N(C)CCON1C(=O)c2ccccc2C1=O)C(C)C. The van der Waals surface area contributed by atoms with Crippen molar-refractivity contribution in [2.75, 3.05) is 48.0 Å². The summed E-state index contributed by atoms with van der Waals surface area (Å²) in [5.74, 6) is -5.58. The highest BCUT2D eigenvalue weighted by atomic mass is 16.7. The molecular formula is C51H74N4O11. The zero-order chi connectivity index (χ0) is 49.0. The van der Waals surface area contributed by atoms with Crippen LogP contribution in [0.4, 0.5) is 0 Å². The number of amides is 4. The number of aliphatic carboxylic acids is 1. The molecule has 2 aromatic carbocycles. The molecule has 15 nitrogen and oxygen atoms in total. The minimum absolute atomic E-state index is 0.0225. The fourth-order valence-corrected chi connectivity index (χ4v) is 9.95. The zero-order valence-corrected chi connectivity index (χ0v) is 40.9. The average Bonchev–Trinajstić information content (AvgIpc) is 3.87. The lowest BCUT2D eigenvalue weighted by atomic mass is 9.83. The van der Waals surface area contributed by atoms with E-state index < -0.39 is 65.9 Å². The van der Waals surface area contributed by atoms with Crippen LogP contribution in [0.3, 0.4) is 0 Å². The van der Waals surface area contributed by atoms with Crippen LogP contribution >= 0.6 is 0 Å². The van der Waals surface area contributed by atoms with Crippen molar-refractivity contribution in [2.24, 2.45) is 35.5 Å². The summed E-state index contributed by atoms with van der Waals surface area (Å²) in [5.41, 5.74) is 1.39. The number of ether oxygens (including phenoxy) is 2. The zero-order valence-electron chi connectivity index (χ0n) is 40.9. The lowest BCUT2D eigenvalue weighted by molar-refractivity contribution is -0.149. The number of methoxy groups -OCH3 is 2. The molecule has 0 saturated carbocycles.